The van der Waals surface area contributed by atoms with Crippen molar-refractivity contribution in [2.24, 2.45) is 0 Å². The van der Waals surface area contributed by atoms with Gasteiger partial charge in [0.15, 0.2) is 0 Å². The van der Waals surface area contributed by atoms with E-state index in [2.05, 4.69) is 32.1 Å². The lowest BCUT2D eigenvalue weighted by atomic mass is 10.2. The maximum Gasteiger partial charge on any atom is 0.222 e. The summed E-state index contributed by atoms with van der Waals surface area (Å²) in [6.07, 6.45) is 4.41. The largest absolute Gasteiger partial charge is 0.353 e. The number of aryl methyl sites for hydroxylation is 1. The van der Waals surface area contributed by atoms with Crippen LogP contribution in [0.25, 0.3) is 0 Å². The van der Waals surface area contributed by atoms with E-state index in [4.69, 9.17) is 0 Å². The van der Waals surface area contributed by atoms with Gasteiger partial charge in [0.25, 0.3) is 0 Å². The van der Waals surface area contributed by atoms with Crippen molar-refractivity contribution in [3.05, 3.63) is 36.3 Å². The standard InChI is InChI=1S/C19H26N6O/c1-3-4-8-19(26)25-12-10-24(11-13-25)18-14-17(21-15(2)22-18)23-16-7-5-6-9-20-16/h5-7,9,14H,3-4,8,10-13H2,1-2H3,(H,20,21,22,23). The van der Waals surface area contributed by atoms with Gasteiger partial charge in [-0.05, 0) is 25.5 Å². The van der Waals surface area contributed by atoms with Gasteiger partial charge in [0.2, 0.25) is 5.91 Å². The number of hydrogen-bond acceptors (Lipinski definition) is 6. The van der Waals surface area contributed by atoms with E-state index in [0.717, 1.165) is 56.5 Å². The van der Waals surface area contributed by atoms with E-state index >= 15 is 0 Å². The van der Waals surface area contributed by atoms with Crippen LogP contribution in [0.4, 0.5) is 17.5 Å². The number of anilines is 3. The minimum absolute atomic E-state index is 0.267. The molecule has 3 rings (SSSR count). The fourth-order valence-corrected chi connectivity index (χ4v) is 3.02. The molecule has 2 aromatic heterocycles. The van der Waals surface area contributed by atoms with E-state index in [-0.39, 0.29) is 5.91 Å². The van der Waals surface area contributed by atoms with E-state index in [1.54, 1.807) is 6.20 Å². The van der Waals surface area contributed by atoms with Crippen molar-refractivity contribution in [3.63, 3.8) is 0 Å². The Hall–Kier alpha value is -2.70. The summed E-state index contributed by atoms with van der Waals surface area (Å²) in [6, 6.07) is 7.65. The third-order valence-corrected chi connectivity index (χ3v) is 4.45. The Labute approximate surface area is 154 Å². The molecule has 0 bridgehead atoms. The van der Waals surface area contributed by atoms with E-state index in [9.17, 15) is 4.79 Å². The van der Waals surface area contributed by atoms with E-state index in [1.165, 1.54) is 0 Å². The maximum atomic E-state index is 12.2. The molecule has 1 N–H and O–H groups in total. The summed E-state index contributed by atoms with van der Waals surface area (Å²) in [6.45, 7) is 7.06. The van der Waals surface area contributed by atoms with Gasteiger partial charge in [-0.2, -0.15) is 0 Å². The second-order valence-electron chi connectivity index (χ2n) is 6.47. The summed E-state index contributed by atoms with van der Waals surface area (Å²) >= 11 is 0. The van der Waals surface area contributed by atoms with Gasteiger partial charge in [0.1, 0.15) is 23.3 Å². The Morgan fingerprint density at radius 1 is 1.15 bits per heavy atom. The quantitative estimate of drug-likeness (QED) is 0.860. The Bertz CT molecular complexity index is 728. The Morgan fingerprint density at radius 3 is 2.65 bits per heavy atom. The fourth-order valence-electron chi connectivity index (χ4n) is 3.02. The molecule has 1 fully saturated rings. The number of amides is 1. The molecule has 0 unspecified atom stereocenters. The van der Waals surface area contributed by atoms with Crippen molar-refractivity contribution < 1.29 is 4.79 Å². The van der Waals surface area contributed by atoms with Crippen molar-refractivity contribution >= 4 is 23.4 Å². The van der Waals surface area contributed by atoms with E-state index < -0.39 is 0 Å². The highest BCUT2D eigenvalue weighted by molar-refractivity contribution is 5.76. The molecule has 0 aromatic carbocycles. The van der Waals surface area contributed by atoms with Crippen molar-refractivity contribution in [2.75, 3.05) is 36.4 Å². The van der Waals surface area contributed by atoms with Gasteiger partial charge in [-0.25, -0.2) is 15.0 Å². The topological polar surface area (TPSA) is 74.2 Å². The molecular weight excluding hydrogens is 328 g/mol. The molecule has 0 aliphatic carbocycles. The minimum atomic E-state index is 0.267. The van der Waals surface area contributed by atoms with Crippen LogP contribution in [0.15, 0.2) is 30.5 Å². The minimum Gasteiger partial charge on any atom is -0.353 e. The molecule has 138 valence electrons. The van der Waals surface area contributed by atoms with Gasteiger partial charge in [-0.1, -0.05) is 19.4 Å². The monoisotopic (exact) mass is 354 g/mol. The summed E-state index contributed by atoms with van der Waals surface area (Å²) in [5.74, 6) is 3.34. The highest BCUT2D eigenvalue weighted by atomic mass is 16.2. The number of pyridine rings is 1. The van der Waals surface area contributed by atoms with Gasteiger partial charge >= 0.3 is 0 Å². The average molecular weight is 354 g/mol. The zero-order valence-corrected chi connectivity index (χ0v) is 15.5. The number of hydrogen-bond donors (Lipinski definition) is 1. The summed E-state index contributed by atoms with van der Waals surface area (Å²) in [5.41, 5.74) is 0. The maximum absolute atomic E-state index is 12.2. The van der Waals surface area contributed by atoms with Gasteiger partial charge in [0.05, 0.1) is 0 Å². The van der Waals surface area contributed by atoms with Crippen LogP contribution in [-0.4, -0.2) is 51.9 Å². The van der Waals surface area contributed by atoms with Crippen LogP contribution in [0.5, 0.6) is 0 Å². The van der Waals surface area contributed by atoms with Crippen LogP contribution in [-0.2, 0) is 4.79 Å². The predicted molar refractivity (Wildman–Crippen MR) is 103 cm³/mol. The van der Waals surface area contributed by atoms with Crippen LogP contribution < -0.4 is 10.2 Å². The van der Waals surface area contributed by atoms with Gasteiger partial charge in [0, 0.05) is 44.9 Å². The molecule has 26 heavy (non-hydrogen) atoms. The summed E-state index contributed by atoms with van der Waals surface area (Å²) in [7, 11) is 0. The van der Waals surface area contributed by atoms with Crippen LogP contribution in [0, 0.1) is 6.92 Å². The first-order valence-electron chi connectivity index (χ1n) is 9.22. The molecule has 1 saturated heterocycles. The molecule has 2 aromatic rings. The van der Waals surface area contributed by atoms with Gasteiger partial charge in [-0.15, -0.1) is 0 Å². The summed E-state index contributed by atoms with van der Waals surface area (Å²) in [5, 5.41) is 3.22. The number of piperazine rings is 1. The lowest BCUT2D eigenvalue weighted by molar-refractivity contribution is -0.131. The summed E-state index contributed by atoms with van der Waals surface area (Å²) in [4.78, 5) is 29.6. The van der Waals surface area contributed by atoms with Gasteiger partial charge in [-0.3, -0.25) is 4.79 Å². The predicted octanol–water partition coefficient (Wildman–Crippen LogP) is 2.76. The lowest BCUT2D eigenvalue weighted by Gasteiger charge is -2.35. The molecule has 7 nitrogen and oxygen atoms in total. The van der Waals surface area contributed by atoms with Crippen LogP contribution in [0.2, 0.25) is 0 Å². The van der Waals surface area contributed by atoms with Crippen molar-refractivity contribution in [1.29, 1.82) is 0 Å². The number of nitrogens with one attached hydrogen (secondary N) is 1. The lowest BCUT2D eigenvalue weighted by Crippen LogP contribution is -2.49. The molecule has 0 saturated carbocycles. The molecule has 3 heterocycles. The molecular formula is C19H26N6O. The Morgan fingerprint density at radius 2 is 1.96 bits per heavy atom. The fraction of sp³-hybridized carbons (Fsp3) is 0.474. The number of carbonyl (C=O) groups excluding carboxylic acids is 1. The van der Waals surface area contributed by atoms with E-state index in [0.29, 0.717) is 12.2 Å². The second-order valence-corrected chi connectivity index (χ2v) is 6.47. The summed E-state index contributed by atoms with van der Waals surface area (Å²) < 4.78 is 0. The zero-order chi connectivity index (χ0) is 18.4. The smallest absolute Gasteiger partial charge is 0.222 e. The molecule has 1 amide bonds. The first kappa shape index (κ1) is 18.1. The van der Waals surface area contributed by atoms with E-state index in [1.807, 2.05) is 36.1 Å². The normalized spacial score (nSPS) is 14.4. The molecule has 7 heteroatoms. The number of unbranched alkanes of at least 4 members (excludes halogenated alkanes) is 1. The molecule has 0 spiro atoms. The molecule has 0 atom stereocenters. The Kier molecular flexibility index (Phi) is 5.99. The van der Waals surface area contributed by atoms with Crippen LogP contribution in [0.3, 0.4) is 0 Å². The van der Waals surface area contributed by atoms with Gasteiger partial charge < -0.3 is 15.1 Å². The first-order valence-corrected chi connectivity index (χ1v) is 9.22. The van der Waals surface area contributed by atoms with Crippen LogP contribution in [0.1, 0.15) is 32.0 Å². The average Bonchev–Trinajstić information content (AvgIpc) is 2.66. The third kappa shape index (κ3) is 4.68. The number of carbonyl (C=O) groups is 1. The number of nitrogens with zero attached hydrogens (tertiary/aromatic N) is 5. The second kappa shape index (κ2) is 8.60. The first-order chi connectivity index (χ1) is 12.7. The SMILES string of the molecule is CCCCC(=O)N1CCN(c2cc(Nc3ccccn3)nc(C)n2)CC1. The number of rotatable bonds is 6. The molecule has 1 aliphatic rings. The molecule has 1 aliphatic heterocycles. The van der Waals surface area contributed by atoms with Crippen molar-refractivity contribution in [2.45, 2.75) is 33.1 Å². The van der Waals surface area contributed by atoms with Crippen molar-refractivity contribution in [3.8, 4) is 0 Å². The van der Waals surface area contributed by atoms with Crippen LogP contribution >= 0.6 is 0 Å². The zero-order valence-electron chi connectivity index (χ0n) is 15.5. The third-order valence-electron chi connectivity index (χ3n) is 4.45. The van der Waals surface area contributed by atoms with Crippen molar-refractivity contribution in [1.82, 2.24) is 19.9 Å². The number of aromatic nitrogens is 3. The highest BCUT2D eigenvalue weighted by Crippen LogP contribution is 2.20. The molecule has 0 radical (unpaired) electrons. The highest BCUT2D eigenvalue weighted by Gasteiger charge is 2.22. The Balaban J connectivity index is 1.64.